The molecular weight excluding hydrogens is 454 g/mol. The Bertz CT molecular complexity index is 1170. The van der Waals surface area contributed by atoms with Crippen molar-refractivity contribution in [1.29, 1.82) is 0 Å². The first-order valence-electron chi connectivity index (χ1n) is 10.7. The van der Waals surface area contributed by atoms with Crippen LogP contribution in [0.3, 0.4) is 0 Å². The molecule has 10 heteroatoms. The molecule has 0 radical (unpaired) electrons. The molecule has 2 aliphatic carbocycles. The largest absolute Gasteiger partial charge is 0.489 e. The van der Waals surface area contributed by atoms with E-state index in [4.69, 9.17) is 9.47 Å². The predicted molar refractivity (Wildman–Crippen MR) is 115 cm³/mol. The maximum Gasteiger partial charge on any atom is 0.228 e. The van der Waals surface area contributed by atoms with Crippen molar-refractivity contribution < 1.29 is 31.8 Å². The number of anilines is 1. The highest BCUT2D eigenvalue weighted by molar-refractivity contribution is 5.95. The number of amides is 1. The van der Waals surface area contributed by atoms with E-state index in [1.807, 2.05) is 0 Å². The van der Waals surface area contributed by atoms with Crippen LogP contribution in [-0.2, 0) is 16.1 Å². The van der Waals surface area contributed by atoms with E-state index in [0.29, 0.717) is 29.8 Å². The van der Waals surface area contributed by atoms with Gasteiger partial charge in [0.25, 0.3) is 0 Å². The predicted octanol–water partition coefficient (Wildman–Crippen LogP) is 4.96. The molecule has 1 aromatic carbocycles. The SMILES string of the molecule is COCc1nc(C)ncc1OC[C@@]1(C2C=CC(F)=C(F)C2)C[C@H]1C(=O)Nc1ccc(F)cc1F. The minimum absolute atomic E-state index is 0.00989. The van der Waals surface area contributed by atoms with Gasteiger partial charge in [-0.3, -0.25) is 4.79 Å². The Morgan fingerprint density at radius 2 is 2.06 bits per heavy atom. The quantitative estimate of drug-likeness (QED) is 0.544. The molecule has 0 spiro atoms. The molecule has 2 aromatic rings. The number of carbonyl (C=O) groups excluding carboxylic acids is 1. The van der Waals surface area contributed by atoms with E-state index in [0.717, 1.165) is 18.2 Å². The number of methoxy groups -OCH3 is 1. The van der Waals surface area contributed by atoms with Gasteiger partial charge in [0, 0.05) is 30.9 Å². The molecule has 1 heterocycles. The van der Waals surface area contributed by atoms with E-state index in [9.17, 15) is 22.4 Å². The molecule has 1 fully saturated rings. The van der Waals surface area contributed by atoms with E-state index in [-0.39, 0.29) is 25.3 Å². The molecule has 0 bridgehead atoms. The third-order valence-corrected chi connectivity index (χ3v) is 6.22. The summed E-state index contributed by atoms with van der Waals surface area (Å²) in [6, 6.07) is 2.83. The molecule has 1 N–H and O–H groups in total. The summed E-state index contributed by atoms with van der Waals surface area (Å²) < 4.78 is 66.1. The summed E-state index contributed by atoms with van der Waals surface area (Å²) in [4.78, 5) is 21.4. The van der Waals surface area contributed by atoms with Crippen LogP contribution in [0.1, 0.15) is 24.4 Å². The summed E-state index contributed by atoms with van der Waals surface area (Å²) in [5.74, 6) is -4.37. The van der Waals surface area contributed by atoms with Crippen LogP contribution in [0.4, 0.5) is 23.2 Å². The molecular formula is C24H23F4N3O3. The average molecular weight is 477 g/mol. The van der Waals surface area contributed by atoms with Gasteiger partial charge < -0.3 is 14.8 Å². The zero-order valence-corrected chi connectivity index (χ0v) is 18.6. The number of nitrogens with zero attached hydrogens (tertiary/aromatic N) is 2. The van der Waals surface area contributed by atoms with Crippen LogP contribution in [0, 0.1) is 35.8 Å². The van der Waals surface area contributed by atoms with Gasteiger partial charge >= 0.3 is 0 Å². The second-order valence-corrected chi connectivity index (χ2v) is 8.48. The Morgan fingerprint density at radius 1 is 1.26 bits per heavy atom. The summed E-state index contributed by atoms with van der Waals surface area (Å²) in [5.41, 5.74) is -0.528. The Kier molecular flexibility index (Phi) is 6.70. The molecule has 6 nitrogen and oxygen atoms in total. The molecule has 180 valence electrons. The third kappa shape index (κ3) is 4.82. The number of ether oxygens (including phenoxy) is 2. The lowest BCUT2D eigenvalue weighted by Gasteiger charge is -2.27. The third-order valence-electron chi connectivity index (χ3n) is 6.22. The van der Waals surface area contributed by atoms with Gasteiger partial charge in [-0.25, -0.2) is 27.5 Å². The molecule has 3 atom stereocenters. The number of rotatable bonds is 8. The Hall–Kier alpha value is -3.27. The van der Waals surface area contributed by atoms with Crippen LogP contribution < -0.4 is 10.1 Å². The van der Waals surface area contributed by atoms with Gasteiger partial charge in [0.1, 0.15) is 29.0 Å². The van der Waals surface area contributed by atoms with Crippen LogP contribution in [0.5, 0.6) is 5.75 Å². The minimum atomic E-state index is -0.948. The smallest absolute Gasteiger partial charge is 0.228 e. The fraction of sp³-hybridized carbons (Fsp3) is 0.375. The van der Waals surface area contributed by atoms with Gasteiger partial charge in [-0.2, -0.15) is 0 Å². The van der Waals surface area contributed by atoms with Gasteiger partial charge in [-0.1, -0.05) is 6.08 Å². The summed E-state index contributed by atoms with van der Waals surface area (Å²) in [6.07, 6.45) is 4.14. The maximum atomic E-state index is 14.1. The van der Waals surface area contributed by atoms with Gasteiger partial charge in [0.05, 0.1) is 25.1 Å². The highest BCUT2D eigenvalue weighted by Gasteiger charge is 2.63. The summed E-state index contributed by atoms with van der Waals surface area (Å²) in [6.45, 7) is 1.88. The number of allylic oxidation sites excluding steroid dienone is 4. The first-order chi connectivity index (χ1) is 16.2. The van der Waals surface area contributed by atoms with E-state index < -0.39 is 46.4 Å². The average Bonchev–Trinajstić information content (AvgIpc) is 3.53. The standard InChI is InChI=1S/C24H23F4N3O3/c1-13-29-10-22(21(30-13)11-33-2)34-12-24(14-3-5-17(26)18(27)7-14)9-16(24)23(32)31-20-6-4-15(25)8-19(20)28/h3-6,8,10,14,16H,7,9,11-12H2,1-2H3,(H,31,32)/t14?,16-,24+/m0/s1. The van der Waals surface area contributed by atoms with Gasteiger partial charge in [-0.05, 0) is 37.5 Å². The van der Waals surface area contributed by atoms with Gasteiger partial charge in [0.15, 0.2) is 11.6 Å². The number of hydrogen-bond donors (Lipinski definition) is 1. The monoisotopic (exact) mass is 477 g/mol. The number of nitrogens with one attached hydrogen (secondary N) is 1. The lowest BCUT2D eigenvalue weighted by Crippen LogP contribution is -2.30. The number of hydrogen-bond acceptors (Lipinski definition) is 5. The van der Waals surface area contributed by atoms with Crippen LogP contribution in [-0.4, -0.2) is 29.6 Å². The molecule has 0 aliphatic heterocycles. The molecule has 2 aliphatic rings. The van der Waals surface area contributed by atoms with Crippen molar-refractivity contribution >= 4 is 11.6 Å². The minimum Gasteiger partial charge on any atom is -0.489 e. The van der Waals surface area contributed by atoms with Crippen LogP contribution >= 0.6 is 0 Å². The second kappa shape index (κ2) is 9.54. The molecule has 1 amide bonds. The lowest BCUT2D eigenvalue weighted by atomic mass is 9.82. The fourth-order valence-electron chi connectivity index (χ4n) is 4.29. The second-order valence-electron chi connectivity index (χ2n) is 8.48. The lowest BCUT2D eigenvalue weighted by molar-refractivity contribution is -0.118. The number of aryl methyl sites for hydroxylation is 1. The molecule has 1 aromatic heterocycles. The van der Waals surface area contributed by atoms with Crippen molar-refractivity contribution in [3.8, 4) is 5.75 Å². The zero-order valence-electron chi connectivity index (χ0n) is 18.6. The molecule has 4 rings (SSSR count). The van der Waals surface area contributed by atoms with Crippen LogP contribution in [0.2, 0.25) is 0 Å². The zero-order chi connectivity index (χ0) is 24.5. The first-order valence-corrected chi connectivity index (χ1v) is 10.7. The number of halogens is 4. The molecule has 0 saturated heterocycles. The van der Waals surface area contributed by atoms with Crippen molar-refractivity contribution in [2.24, 2.45) is 17.3 Å². The van der Waals surface area contributed by atoms with Crippen molar-refractivity contribution in [3.63, 3.8) is 0 Å². The highest BCUT2D eigenvalue weighted by atomic mass is 19.2. The summed E-state index contributed by atoms with van der Waals surface area (Å²) in [7, 11) is 1.51. The summed E-state index contributed by atoms with van der Waals surface area (Å²) in [5, 5.41) is 2.47. The van der Waals surface area contributed by atoms with E-state index in [2.05, 4.69) is 15.3 Å². The normalized spacial score (nSPS) is 23.7. The number of carbonyl (C=O) groups is 1. The number of aromatic nitrogens is 2. The van der Waals surface area contributed by atoms with Gasteiger partial charge in [0.2, 0.25) is 5.91 Å². The van der Waals surface area contributed by atoms with Gasteiger partial charge in [-0.15, -0.1) is 0 Å². The summed E-state index contributed by atoms with van der Waals surface area (Å²) >= 11 is 0. The van der Waals surface area contributed by atoms with Crippen LogP contribution in [0.25, 0.3) is 0 Å². The Balaban J connectivity index is 1.56. The van der Waals surface area contributed by atoms with Crippen molar-refractivity contribution in [2.75, 3.05) is 19.0 Å². The fourth-order valence-corrected chi connectivity index (χ4v) is 4.29. The van der Waals surface area contributed by atoms with E-state index in [1.165, 1.54) is 19.4 Å². The molecule has 1 unspecified atom stereocenters. The van der Waals surface area contributed by atoms with E-state index >= 15 is 0 Å². The Morgan fingerprint density at radius 3 is 2.76 bits per heavy atom. The first kappa shape index (κ1) is 23.9. The van der Waals surface area contributed by atoms with Crippen LogP contribution in [0.15, 0.2) is 48.2 Å². The number of benzene rings is 1. The maximum absolute atomic E-state index is 14.1. The molecule has 1 saturated carbocycles. The topological polar surface area (TPSA) is 73.3 Å². The van der Waals surface area contributed by atoms with Crippen molar-refractivity contribution in [1.82, 2.24) is 9.97 Å². The van der Waals surface area contributed by atoms with Crippen molar-refractivity contribution in [2.45, 2.75) is 26.4 Å². The Labute approximate surface area is 193 Å². The van der Waals surface area contributed by atoms with E-state index in [1.54, 1.807) is 6.92 Å². The highest BCUT2D eigenvalue weighted by Crippen LogP contribution is 2.61. The molecule has 34 heavy (non-hydrogen) atoms. The van der Waals surface area contributed by atoms with Crippen molar-refractivity contribution in [3.05, 3.63) is 71.4 Å².